The number of aromatic nitrogens is 1. The van der Waals surface area contributed by atoms with Crippen molar-refractivity contribution in [1.82, 2.24) is 4.98 Å². The summed E-state index contributed by atoms with van der Waals surface area (Å²) in [5.74, 6) is 0.177. The van der Waals surface area contributed by atoms with Gasteiger partial charge in [-0.1, -0.05) is 0 Å². The zero-order valence-corrected chi connectivity index (χ0v) is 8.44. The molecule has 0 aliphatic carbocycles. The Labute approximate surface area is 90.7 Å². The van der Waals surface area contributed by atoms with E-state index in [0.717, 1.165) is 6.39 Å². The largest absolute Gasteiger partial charge is 0.496 e. The van der Waals surface area contributed by atoms with Gasteiger partial charge in [-0.05, 0) is 18.2 Å². The van der Waals surface area contributed by atoms with Gasteiger partial charge >= 0.3 is 0 Å². The van der Waals surface area contributed by atoms with Crippen LogP contribution in [0.3, 0.4) is 0 Å². The van der Waals surface area contributed by atoms with Gasteiger partial charge in [0, 0.05) is 0 Å². The minimum Gasteiger partial charge on any atom is -0.496 e. The minimum atomic E-state index is -0.441. The first-order valence-electron chi connectivity index (χ1n) is 4.49. The van der Waals surface area contributed by atoms with Crippen LogP contribution < -0.4 is 4.74 Å². The lowest BCUT2D eigenvalue weighted by molar-refractivity contribution is 0.112. The molecule has 0 amide bonds. The van der Waals surface area contributed by atoms with Crippen molar-refractivity contribution in [2.24, 2.45) is 0 Å². The molecule has 4 nitrogen and oxygen atoms in total. The number of methoxy groups -OCH3 is 1. The molecule has 0 N–H and O–H groups in total. The number of benzene rings is 1. The summed E-state index contributed by atoms with van der Waals surface area (Å²) in [4.78, 5) is 14.4. The van der Waals surface area contributed by atoms with Gasteiger partial charge in [0.1, 0.15) is 17.3 Å². The van der Waals surface area contributed by atoms with Crippen molar-refractivity contribution in [2.75, 3.05) is 7.11 Å². The average Bonchev–Trinajstić information content (AvgIpc) is 2.76. The smallest absolute Gasteiger partial charge is 0.182 e. The molecule has 0 fully saturated rings. The number of oxazole rings is 1. The molecule has 5 heteroatoms. The molecule has 2 rings (SSSR count). The Kier molecular flexibility index (Phi) is 2.68. The Morgan fingerprint density at radius 2 is 2.31 bits per heavy atom. The van der Waals surface area contributed by atoms with Crippen molar-refractivity contribution in [3.63, 3.8) is 0 Å². The Morgan fingerprint density at radius 3 is 3.00 bits per heavy atom. The number of carbonyl (C=O) groups excluding carboxylic acids is 1. The molecule has 0 aliphatic heterocycles. The van der Waals surface area contributed by atoms with Crippen LogP contribution in [0.1, 0.15) is 10.5 Å². The van der Waals surface area contributed by atoms with Crippen molar-refractivity contribution in [3.8, 4) is 17.1 Å². The van der Waals surface area contributed by atoms with E-state index in [1.165, 1.54) is 25.3 Å². The van der Waals surface area contributed by atoms with Gasteiger partial charge in [-0.2, -0.15) is 0 Å². The molecule has 0 radical (unpaired) electrons. The van der Waals surface area contributed by atoms with Gasteiger partial charge in [-0.3, -0.25) is 4.79 Å². The maximum absolute atomic E-state index is 13.1. The number of ether oxygens (including phenoxy) is 1. The fourth-order valence-corrected chi connectivity index (χ4v) is 1.40. The van der Waals surface area contributed by atoms with Crippen LogP contribution in [0.25, 0.3) is 11.3 Å². The van der Waals surface area contributed by atoms with E-state index in [9.17, 15) is 9.18 Å². The summed E-state index contributed by atoms with van der Waals surface area (Å²) in [5.41, 5.74) is 0.478. The van der Waals surface area contributed by atoms with E-state index in [0.29, 0.717) is 17.6 Å². The molecule has 0 saturated carbocycles. The molecule has 0 saturated heterocycles. The normalized spacial score (nSPS) is 10.1. The Balaban J connectivity index is 2.62. The van der Waals surface area contributed by atoms with Gasteiger partial charge in [-0.25, -0.2) is 9.37 Å². The molecule has 2 aromatic rings. The summed E-state index contributed by atoms with van der Waals surface area (Å²) in [6, 6.07) is 3.95. The van der Waals surface area contributed by atoms with Crippen LogP contribution in [0.15, 0.2) is 29.0 Å². The quantitative estimate of drug-likeness (QED) is 0.746. The van der Waals surface area contributed by atoms with Gasteiger partial charge in [0.05, 0.1) is 12.7 Å². The average molecular weight is 221 g/mol. The predicted molar refractivity (Wildman–Crippen MR) is 53.8 cm³/mol. The number of aldehydes is 1. The summed E-state index contributed by atoms with van der Waals surface area (Å²) in [6.07, 6.45) is 1.67. The van der Waals surface area contributed by atoms with Crippen molar-refractivity contribution >= 4 is 6.29 Å². The molecule has 0 spiro atoms. The van der Waals surface area contributed by atoms with Crippen LogP contribution in [-0.4, -0.2) is 18.4 Å². The van der Waals surface area contributed by atoms with Crippen molar-refractivity contribution in [2.45, 2.75) is 0 Å². The molecule has 0 unspecified atom stereocenters. The summed E-state index contributed by atoms with van der Waals surface area (Å²) in [7, 11) is 1.45. The summed E-state index contributed by atoms with van der Waals surface area (Å²) >= 11 is 0. The lowest BCUT2D eigenvalue weighted by Gasteiger charge is -2.05. The highest BCUT2D eigenvalue weighted by molar-refractivity contribution is 5.84. The van der Waals surface area contributed by atoms with Crippen molar-refractivity contribution < 1.29 is 18.3 Å². The third kappa shape index (κ3) is 1.67. The van der Waals surface area contributed by atoms with Crippen LogP contribution in [0.5, 0.6) is 5.75 Å². The number of carbonyl (C=O) groups is 1. The molecule has 0 bridgehead atoms. The third-order valence-electron chi connectivity index (χ3n) is 2.11. The second-order valence-corrected chi connectivity index (χ2v) is 3.03. The van der Waals surface area contributed by atoms with E-state index in [1.807, 2.05) is 0 Å². The topological polar surface area (TPSA) is 52.3 Å². The monoisotopic (exact) mass is 221 g/mol. The number of halogens is 1. The fraction of sp³-hybridized carbons (Fsp3) is 0.0909. The van der Waals surface area contributed by atoms with Crippen LogP contribution in [-0.2, 0) is 0 Å². The van der Waals surface area contributed by atoms with Gasteiger partial charge in [0.15, 0.2) is 18.4 Å². The van der Waals surface area contributed by atoms with E-state index < -0.39 is 5.82 Å². The Hall–Kier alpha value is -2.17. The standard InChI is InChI=1S/C11H8FNO3/c1-15-10-3-2-7(12)4-8(10)11-9(5-14)13-6-16-11/h2-6H,1H3. The van der Waals surface area contributed by atoms with E-state index in [-0.39, 0.29) is 11.5 Å². The molecule has 1 heterocycles. The minimum absolute atomic E-state index is 0.115. The van der Waals surface area contributed by atoms with Crippen LogP contribution in [0.4, 0.5) is 4.39 Å². The number of nitrogens with zero attached hydrogens (tertiary/aromatic N) is 1. The first-order chi connectivity index (χ1) is 7.76. The maximum atomic E-state index is 13.1. The Morgan fingerprint density at radius 1 is 1.50 bits per heavy atom. The molecule has 1 aromatic heterocycles. The lowest BCUT2D eigenvalue weighted by atomic mass is 10.1. The van der Waals surface area contributed by atoms with Gasteiger partial charge in [0.2, 0.25) is 0 Å². The van der Waals surface area contributed by atoms with E-state index >= 15 is 0 Å². The fourth-order valence-electron chi connectivity index (χ4n) is 1.40. The van der Waals surface area contributed by atoms with Crippen LogP contribution >= 0.6 is 0 Å². The van der Waals surface area contributed by atoms with Gasteiger partial charge < -0.3 is 9.15 Å². The molecule has 16 heavy (non-hydrogen) atoms. The molecular formula is C11H8FNO3. The highest BCUT2D eigenvalue weighted by atomic mass is 19.1. The summed E-state index contributed by atoms with van der Waals surface area (Å²) in [5, 5.41) is 0. The van der Waals surface area contributed by atoms with Gasteiger partial charge in [-0.15, -0.1) is 0 Å². The first-order valence-corrected chi connectivity index (χ1v) is 4.49. The zero-order chi connectivity index (χ0) is 11.5. The molecule has 0 atom stereocenters. The Bertz CT molecular complexity index is 522. The van der Waals surface area contributed by atoms with Crippen molar-refractivity contribution in [3.05, 3.63) is 36.1 Å². The van der Waals surface area contributed by atoms with E-state index in [1.54, 1.807) is 0 Å². The van der Waals surface area contributed by atoms with E-state index in [4.69, 9.17) is 9.15 Å². The highest BCUT2D eigenvalue weighted by Gasteiger charge is 2.15. The number of hydrogen-bond acceptors (Lipinski definition) is 4. The maximum Gasteiger partial charge on any atom is 0.182 e. The van der Waals surface area contributed by atoms with Gasteiger partial charge in [0.25, 0.3) is 0 Å². The molecular weight excluding hydrogens is 213 g/mol. The molecule has 82 valence electrons. The molecule has 1 aromatic carbocycles. The molecule has 0 aliphatic rings. The van der Waals surface area contributed by atoms with Crippen LogP contribution in [0, 0.1) is 5.82 Å². The second kappa shape index (κ2) is 4.14. The zero-order valence-electron chi connectivity index (χ0n) is 8.44. The predicted octanol–water partition coefficient (Wildman–Crippen LogP) is 2.30. The number of hydrogen-bond donors (Lipinski definition) is 0. The highest BCUT2D eigenvalue weighted by Crippen LogP contribution is 2.31. The summed E-state index contributed by atoms with van der Waals surface area (Å²) in [6.45, 7) is 0. The van der Waals surface area contributed by atoms with Crippen LogP contribution in [0.2, 0.25) is 0 Å². The SMILES string of the molecule is COc1ccc(F)cc1-c1ocnc1C=O. The van der Waals surface area contributed by atoms with E-state index in [2.05, 4.69) is 4.98 Å². The second-order valence-electron chi connectivity index (χ2n) is 3.03. The third-order valence-corrected chi connectivity index (χ3v) is 2.11. The number of rotatable bonds is 3. The first kappa shape index (κ1) is 10.4. The lowest BCUT2D eigenvalue weighted by Crippen LogP contribution is -1.91. The van der Waals surface area contributed by atoms with Crippen molar-refractivity contribution in [1.29, 1.82) is 0 Å². The summed E-state index contributed by atoms with van der Waals surface area (Å²) < 4.78 is 23.2.